The second-order valence-electron chi connectivity index (χ2n) is 6.42. The Morgan fingerprint density at radius 3 is 2.72 bits per heavy atom. The van der Waals surface area contributed by atoms with E-state index in [2.05, 4.69) is 25.6 Å². The molecule has 152 valence electrons. The summed E-state index contributed by atoms with van der Waals surface area (Å²) in [5.74, 6) is -2.48. The highest BCUT2D eigenvalue weighted by Crippen LogP contribution is 2.23. The predicted molar refractivity (Wildman–Crippen MR) is 105 cm³/mol. The molecule has 4 N–H and O–H groups in total. The van der Waals surface area contributed by atoms with Crippen LogP contribution in [0.15, 0.2) is 24.5 Å². The number of fused-ring (bicyclic) bond motifs is 1. The topological polar surface area (TPSA) is 116 Å². The lowest BCUT2D eigenvalue weighted by Gasteiger charge is -2.12. The molecule has 2 aromatic heterocycles. The van der Waals surface area contributed by atoms with Crippen LogP contribution in [-0.4, -0.2) is 53.4 Å². The van der Waals surface area contributed by atoms with E-state index in [0.29, 0.717) is 12.3 Å². The van der Waals surface area contributed by atoms with Crippen LogP contribution in [0, 0.1) is 17.0 Å². The van der Waals surface area contributed by atoms with Gasteiger partial charge in [0.1, 0.15) is 11.2 Å². The number of nitrogens with one attached hydrogen (secondary N) is 4. The van der Waals surface area contributed by atoms with Gasteiger partial charge < -0.3 is 20.4 Å². The number of nitrogens with zero attached hydrogens (tertiary/aromatic N) is 2. The number of anilines is 1. The van der Waals surface area contributed by atoms with Crippen molar-refractivity contribution in [3.8, 4) is 0 Å². The first-order valence-electron chi connectivity index (χ1n) is 8.75. The van der Waals surface area contributed by atoms with Crippen LogP contribution in [0.25, 0.3) is 11.2 Å². The molecule has 3 aromatic rings. The highest BCUT2D eigenvalue weighted by Gasteiger charge is 2.20. The summed E-state index contributed by atoms with van der Waals surface area (Å²) in [6, 6.07) is 1.68. The largest absolute Gasteiger partial charge is 0.387 e. The molecule has 0 aliphatic rings. The molecule has 0 bridgehead atoms. The van der Waals surface area contributed by atoms with Crippen LogP contribution in [0.4, 0.5) is 14.5 Å². The minimum Gasteiger partial charge on any atom is -0.387 e. The third-order valence-electron chi connectivity index (χ3n) is 4.27. The average molecular weight is 402 g/mol. The summed E-state index contributed by atoms with van der Waals surface area (Å²) in [4.78, 5) is 23.9. The molecule has 0 radical (unpaired) electrons. The molecule has 0 aliphatic carbocycles. The first-order valence-corrected chi connectivity index (χ1v) is 8.75. The Balaban J connectivity index is 1.99. The van der Waals surface area contributed by atoms with Gasteiger partial charge in [0.2, 0.25) is 0 Å². The highest BCUT2D eigenvalue weighted by atomic mass is 19.2. The zero-order chi connectivity index (χ0) is 21.1. The lowest BCUT2D eigenvalue weighted by Crippen LogP contribution is -2.35. The van der Waals surface area contributed by atoms with Crippen LogP contribution in [-0.2, 0) is 4.74 Å². The van der Waals surface area contributed by atoms with Crippen molar-refractivity contribution in [1.29, 1.82) is 5.41 Å². The third-order valence-corrected chi connectivity index (χ3v) is 4.27. The fourth-order valence-corrected chi connectivity index (χ4v) is 2.88. The average Bonchev–Trinajstić information content (AvgIpc) is 3.12. The number of hydrogen-bond acceptors (Lipinski definition) is 6. The Morgan fingerprint density at radius 1 is 1.31 bits per heavy atom. The molecule has 2 heterocycles. The second-order valence-corrected chi connectivity index (χ2v) is 6.42. The summed E-state index contributed by atoms with van der Waals surface area (Å²) < 4.78 is 32.2. The molecule has 0 aliphatic heterocycles. The first-order chi connectivity index (χ1) is 13.8. The molecule has 1 atom stereocenters. The molecular weight excluding hydrogens is 382 g/mol. The number of carbonyl (C=O) groups excluding carboxylic acids is 1. The molecule has 1 aromatic carbocycles. The summed E-state index contributed by atoms with van der Waals surface area (Å²) in [6.45, 7) is 2.14. The standard InChI is InChI=1S/C19H20F2N6O2/c1-9(8-29-3)26-19(28)11-6-24-18-17(11)27-15(7-25-18)16(22)10-4-12(20)13(21)5-14(10)23-2/h4-7,9,22-23H,8H2,1-3H3,(H,24,25)(H,26,28). The molecule has 8 nitrogen and oxygen atoms in total. The van der Waals surface area contributed by atoms with Gasteiger partial charge in [0.15, 0.2) is 17.3 Å². The van der Waals surface area contributed by atoms with Gasteiger partial charge in [-0.3, -0.25) is 10.2 Å². The van der Waals surface area contributed by atoms with Crippen molar-refractivity contribution in [1.82, 2.24) is 20.3 Å². The summed E-state index contributed by atoms with van der Waals surface area (Å²) in [6.07, 6.45) is 2.81. The van der Waals surface area contributed by atoms with Gasteiger partial charge in [0.05, 0.1) is 24.1 Å². The first kappa shape index (κ1) is 20.3. The van der Waals surface area contributed by atoms with Crippen LogP contribution in [0.3, 0.4) is 0 Å². The Labute approximate surface area is 165 Å². The van der Waals surface area contributed by atoms with E-state index in [-0.39, 0.29) is 45.7 Å². The number of hydrogen-bond donors (Lipinski definition) is 4. The molecule has 10 heteroatoms. The number of methoxy groups -OCH3 is 1. The zero-order valence-corrected chi connectivity index (χ0v) is 16.1. The normalized spacial score (nSPS) is 12.0. The van der Waals surface area contributed by atoms with Crippen LogP contribution >= 0.6 is 0 Å². The fraction of sp³-hybridized carbons (Fsp3) is 0.263. The summed E-state index contributed by atoms with van der Waals surface area (Å²) >= 11 is 0. The lowest BCUT2D eigenvalue weighted by molar-refractivity contribution is 0.0907. The number of H-pyrrole nitrogens is 1. The molecule has 0 spiro atoms. The number of halogens is 2. The number of aromatic amines is 1. The molecule has 1 amide bonds. The van der Waals surface area contributed by atoms with Crippen molar-refractivity contribution in [2.45, 2.75) is 13.0 Å². The van der Waals surface area contributed by atoms with Gasteiger partial charge in [-0.25, -0.2) is 18.7 Å². The molecular formula is C19H20F2N6O2. The Bertz CT molecular complexity index is 1080. The van der Waals surface area contributed by atoms with E-state index >= 15 is 0 Å². The van der Waals surface area contributed by atoms with E-state index < -0.39 is 11.6 Å². The maximum absolute atomic E-state index is 13.7. The van der Waals surface area contributed by atoms with E-state index in [1.54, 1.807) is 6.92 Å². The van der Waals surface area contributed by atoms with Gasteiger partial charge in [0, 0.05) is 43.7 Å². The van der Waals surface area contributed by atoms with E-state index in [4.69, 9.17) is 10.1 Å². The Morgan fingerprint density at radius 2 is 2.03 bits per heavy atom. The van der Waals surface area contributed by atoms with Gasteiger partial charge in [-0.15, -0.1) is 0 Å². The number of rotatable bonds is 7. The monoisotopic (exact) mass is 402 g/mol. The van der Waals surface area contributed by atoms with Crippen molar-refractivity contribution in [2.75, 3.05) is 26.1 Å². The van der Waals surface area contributed by atoms with Crippen LogP contribution in [0.1, 0.15) is 28.5 Å². The maximum Gasteiger partial charge on any atom is 0.255 e. The molecule has 29 heavy (non-hydrogen) atoms. The molecule has 0 fully saturated rings. The summed E-state index contributed by atoms with van der Waals surface area (Å²) in [5.41, 5.74) is 1.19. The Hall–Kier alpha value is -3.40. The smallest absolute Gasteiger partial charge is 0.255 e. The van der Waals surface area contributed by atoms with Crippen molar-refractivity contribution in [3.05, 3.63) is 53.0 Å². The van der Waals surface area contributed by atoms with Crippen LogP contribution < -0.4 is 10.6 Å². The van der Waals surface area contributed by atoms with E-state index in [1.165, 1.54) is 26.6 Å². The predicted octanol–water partition coefficient (Wildman–Crippen LogP) is 2.46. The van der Waals surface area contributed by atoms with Crippen LogP contribution in [0.5, 0.6) is 0 Å². The highest BCUT2D eigenvalue weighted by molar-refractivity contribution is 6.14. The third kappa shape index (κ3) is 4.06. The summed E-state index contributed by atoms with van der Waals surface area (Å²) in [7, 11) is 3.07. The quantitative estimate of drug-likeness (QED) is 0.453. The van der Waals surface area contributed by atoms with Gasteiger partial charge >= 0.3 is 0 Å². The second kappa shape index (κ2) is 8.31. The molecule has 0 saturated carbocycles. The molecule has 3 rings (SSSR count). The summed E-state index contributed by atoms with van der Waals surface area (Å²) in [5, 5.41) is 13.9. The zero-order valence-electron chi connectivity index (χ0n) is 16.1. The van der Waals surface area contributed by atoms with Gasteiger partial charge in [0.25, 0.3) is 5.91 Å². The molecule has 0 saturated heterocycles. The fourth-order valence-electron chi connectivity index (χ4n) is 2.88. The SMILES string of the molecule is CNc1cc(F)c(F)cc1C(=N)c1cnc2[nH]cc(C(=O)NC(C)COC)c2n1. The van der Waals surface area contributed by atoms with Crippen molar-refractivity contribution >= 4 is 28.5 Å². The minimum atomic E-state index is -1.08. The number of amides is 1. The number of carbonyl (C=O) groups is 1. The Kier molecular flexibility index (Phi) is 5.83. The van der Waals surface area contributed by atoms with E-state index in [1.807, 2.05) is 0 Å². The lowest BCUT2D eigenvalue weighted by atomic mass is 10.0. The molecule has 1 unspecified atom stereocenters. The maximum atomic E-state index is 13.7. The van der Waals surface area contributed by atoms with Gasteiger partial charge in [-0.1, -0.05) is 0 Å². The number of benzene rings is 1. The van der Waals surface area contributed by atoms with E-state index in [9.17, 15) is 13.6 Å². The number of ether oxygens (including phenoxy) is 1. The minimum absolute atomic E-state index is 0.110. The van der Waals surface area contributed by atoms with Crippen molar-refractivity contribution in [3.63, 3.8) is 0 Å². The van der Waals surface area contributed by atoms with Crippen molar-refractivity contribution < 1.29 is 18.3 Å². The van der Waals surface area contributed by atoms with E-state index in [0.717, 1.165) is 12.1 Å². The van der Waals surface area contributed by atoms with Gasteiger partial charge in [-0.2, -0.15) is 0 Å². The van der Waals surface area contributed by atoms with Crippen LogP contribution in [0.2, 0.25) is 0 Å². The van der Waals surface area contributed by atoms with Gasteiger partial charge in [-0.05, 0) is 13.0 Å². The number of aromatic nitrogens is 3. The van der Waals surface area contributed by atoms with Crippen molar-refractivity contribution in [2.24, 2.45) is 0 Å².